The van der Waals surface area contributed by atoms with Gasteiger partial charge in [0.2, 0.25) is 0 Å². The summed E-state index contributed by atoms with van der Waals surface area (Å²) in [4.78, 5) is 14.5. The highest BCUT2D eigenvalue weighted by atomic mass is 19.1. The van der Waals surface area contributed by atoms with Crippen molar-refractivity contribution in [1.82, 2.24) is 10.3 Å². The van der Waals surface area contributed by atoms with Crippen molar-refractivity contribution in [2.45, 2.75) is 0 Å². The molecule has 0 radical (unpaired) electrons. The van der Waals surface area contributed by atoms with Gasteiger partial charge >= 0.3 is 0 Å². The molecule has 0 unspecified atom stereocenters. The predicted octanol–water partition coefficient (Wildman–Crippen LogP) is 0.452. The van der Waals surface area contributed by atoms with Crippen LogP contribution in [0.1, 0.15) is 16.2 Å². The molecule has 1 aromatic heterocycles. The van der Waals surface area contributed by atoms with Crippen molar-refractivity contribution in [2.75, 3.05) is 7.05 Å². The molecule has 0 aliphatic heterocycles. The van der Waals surface area contributed by atoms with Gasteiger partial charge in [-0.05, 0) is 12.1 Å². The number of halogens is 1. The Morgan fingerprint density at radius 1 is 1.69 bits per heavy atom. The number of nitriles is 1. The third-order valence-electron chi connectivity index (χ3n) is 1.40. The van der Waals surface area contributed by atoms with Gasteiger partial charge in [-0.25, -0.2) is 9.37 Å². The van der Waals surface area contributed by atoms with Gasteiger partial charge in [-0.1, -0.05) is 0 Å². The summed E-state index contributed by atoms with van der Waals surface area (Å²) in [6.07, 6.45) is 0. The van der Waals surface area contributed by atoms with Crippen LogP contribution >= 0.6 is 0 Å². The highest BCUT2D eigenvalue weighted by Gasteiger charge is 2.12. The molecule has 1 amide bonds. The van der Waals surface area contributed by atoms with Gasteiger partial charge < -0.3 is 5.32 Å². The topological polar surface area (TPSA) is 65.8 Å². The summed E-state index contributed by atoms with van der Waals surface area (Å²) in [5.41, 5.74) is -0.346. The molecule has 1 heterocycles. The fourth-order valence-corrected chi connectivity index (χ4v) is 0.782. The summed E-state index contributed by atoms with van der Waals surface area (Å²) < 4.78 is 12.9. The van der Waals surface area contributed by atoms with E-state index in [-0.39, 0.29) is 11.4 Å². The molecule has 0 fully saturated rings. The lowest BCUT2D eigenvalue weighted by atomic mass is 10.3. The Kier molecular flexibility index (Phi) is 2.55. The van der Waals surface area contributed by atoms with E-state index in [1.54, 1.807) is 6.07 Å². The van der Waals surface area contributed by atoms with Gasteiger partial charge in [-0.3, -0.25) is 4.79 Å². The number of pyridine rings is 1. The van der Waals surface area contributed by atoms with Crippen LogP contribution in [-0.4, -0.2) is 17.9 Å². The zero-order valence-corrected chi connectivity index (χ0v) is 6.84. The van der Waals surface area contributed by atoms with E-state index >= 15 is 0 Å². The summed E-state index contributed by atoms with van der Waals surface area (Å²) in [6.45, 7) is 0. The van der Waals surface area contributed by atoms with Crippen molar-refractivity contribution >= 4 is 5.91 Å². The molecule has 1 rings (SSSR count). The van der Waals surface area contributed by atoms with E-state index in [0.717, 1.165) is 6.07 Å². The lowest BCUT2D eigenvalue weighted by molar-refractivity contribution is 0.0953. The molecule has 1 N–H and O–H groups in total. The first kappa shape index (κ1) is 9.13. The predicted molar refractivity (Wildman–Crippen MR) is 42.3 cm³/mol. The smallest absolute Gasteiger partial charge is 0.272 e. The molecule has 0 bridgehead atoms. The lowest BCUT2D eigenvalue weighted by Crippen LogP contribution is -2.21. The van der Waals surface area contributed by atoms with Crippen LogP contribution in [0.5, 0.6) is 0 Å². The molecule has 0 saturated heterocycles. The number of carbonyl (C=O) groups is 1. The average molecular weight is 179 g/mol. The molecule has 0 aliphatic rings. The molecular weight excluding hydrogens is 173 g/mol. The number of hydrogen-bond acceptors (Lipinski definition) is 3. The van der Waals surface area contributed by atoms with Crippen LogP contribution in [0.2, 0.25) is 0 Å². The second-order valence-electron chi connectivity index (χ2n) is 2.22. The summed E-state index contributed by atoms with van der Waals surface area (Å²) in [7, 11) is 1.36. The third-order valence-corrected chi connectivity index (χ3v) is 1.40. The largest absolute Gasteiger partial charge is 0.354 e. The molecule has 66 valence electrons. The zero-order chi connectivity index (χ0) is 9.84. The Morgan fingerprint density at radius 2 is 2.38 bits per heavy atom. The molecule has 5 heteroatoms. The van der Waals surface area contributed by atoms with E-state index in [2.05, 4.69) is 10.3 Å². The van der Waals surface area contributed by atoms with Gasteiger partial charge in [0.25, 0.3) is 5.91 Å². The molecule has 1 aromatic rings. The molecule has 0 atom stereocenters. The fourth-order valence-electron chi connectivity index (χ4n) is 0.782. The minimum absolute atomic E-state index is 0.0139. The van der Waals surface area contributed by atoms with Crippen LogP contribution < -0.4 is 5.32 Å². The number of carbonyl (C=O) groups excluding carboxylic acids is 1. The quantitative estimate of drug-likeness (QED) is 0.680. The van der Waals surface area contributed by atoms with Crippen LogP contribution in [0.15, 0.2) is 12.1 Å². The summed E-state index contributed by atoms with van der Waals surface area (Å²) in [6, 6.07) is 3.96. The molecule has 0 saturated carbocycles. The second-order valence-corrected chi connectivity index (χ2v) is 2.22. The van der Waals surface area contributed by atoms with Crippen LogP contribution in [0.3, 0.4) is 0 Å². The minimum Gasteiger partial charge on any atom is -0.354 e. The van der Waals surface area contributed by atoms with E-state index in [0.29, 0.717) is 0 Å². The van der Waals surface area contributed by atoms with Gasteiger partial charge in [0.1, 0.15) is 11.8 Å². The summed E-state index contributed by atoms with van der Waals surface area (Å²) >= 11 is 0. The van der Waals surface area contributed by atoms with E-state index in [9.17, 15) is 9.18 Å². The van der Waals surface area contributed by atoms with Crippen LogP contribution in [0.25, 0.3) is 0 Å². The van der Waals surface area contributed by atoms with Crippen molar-refractivity contribution in [3.05, 3.63) is 29.3 Å². The van der Waals surface area contributed by atoms with Crippen LogP contribution in [0, 0.1) is 17.1 Å². The van der Waals surface area contributed by atoms with Crippen molar-refractivity contribution in [3.63, 3.8) is 0 Å². The number of hydrogen-bond donors (Lipinski definition) is 1. The Morgan fingerprint density at radius 3 is 2.92 bits per heavy atom. The standard InChI is InChI=1S/C8H6FN3O/c1-11-8(13)7-6(9)3-2-5(4-10)12-7/h2-3H,1H3,(H,11,13). The van der Waals surface area contributed by atoms with Crippen LogP contribution in [0.4, 0.5) is 4.39 Å². The Hall–Kier alpha value is -1.96. The fraction of sp³-hybridized carbons (Fsp3) is 0.125. The van der Waals surface area contributed by atoms with E-state index in [1.807, 2.05) is 0 Å². The maximum atomic E-state index is 12.9. The van der Waals surface area contributed by atoms with Crippen molar-refractivity contribution in [1.29, 1.82) is 5.26 Å². The number of aromatic nitrogens is 1. The highest BCUT2D eigenvalue weighted by Crippen LogP contribution is 2.04. The maximum Gasteiger partial charge on any atom is 0.272 e. The van der Waals surface area contributed by atoms with Gasteiger partial charge in [-0.2, -0.15) is 5.26 Å². The minimum atomic E-state index is -0.738. The Labute approximate surface area is 74.0 Å². The van der Waals surface area contributed by atoms with Crippen molar-refractivity contribution < 1.29 is 9.18 Å². The molecule has 4 nitrogen and oxygen atoms in total. The Bertz CT molecular complexity index is 383. The van der Waals surface area contributed by atoms with Crippen LogP contribution in [-0.2, 0) is 0 Å². The molecule has 0 aliphatic carbocycles. The first-order chi connectivity index (χ1) is 6.19. The summed E-state index contributed by atoms with van der Waals surface area (Å²) in [5.74, 6) is -1.38. The van der Waals surface area contributed by atoms with E-state index in [4.69, 9.17) is 5.26 Å². The number of amides is 1. The van der Waals surface area contributed by atoms with E-state index in [1.165, 1.54) is 13.1 Å². The van der Waals surface area contributed by atoms with Crippen molar-refractivity contribution in [2.24, 2.45) is 0 Å². The number of nitrogens with zero attached hydrogens (tertiary/aromatic N) is 2. The van der Waals surface area contributed by atoms with Gasteiger partial charge in [0.15, 0.2) is 11.5 Å². The Balaban J connectivity index is 3.20. The van der Waals surface area contributed by atoms with Gasteiger partial charge in [0.05, 0.1) is 0 Å². The molecule has 0 spiro atoms. The summed E-state index contributed by atoms with van der Waals surface area (Å²) in [5, 5.41) is 10.7. The highest BCUT2D eigenvalue weighted by molar-refractivity contribution is 5.92. The molecule has 13 heavy (non-hydrogen) atoms. The maximum absolute atomic E-state index is 12.9. The SMILES string of the molecule is CNC(=O)c1nc(C#N)ccc1F. The first-order valence-electron chi connectivity index (χ1n) is 3.47. The number of rotatable bonds is 1. The number of nitrogens with one attached hydrogen (secondary N) is 1. The molecule has 0 aromatic carbocycles. The van der Waals surface area contributed by atoms with E-state index < -0.39 is 11.7 Å². The van der Waals surface area contributed by atoms with Gasteiger partial charge in [0, 0.05) is 7.05 Å². The third kappa shape index (κ3) is 1.79. The second kappa shape index (κ2) is 3.63. The molecular formula is C8H6FN3O. The zero-order valence-electron chi connectivity index (χ0n) is 6.84. The lowest BCUT2D eigenvalue weighted by Gasteiger charge is -1.99. The normalized spacial score (nSPS) is 9.00. The van der Waals surface area contributed by atoms with Gasteiger partial charge in [-0.15, -0.1) is 0 Å². The average Bonchev–Trinajstić information content (AvgIpc) is 2.17. The monoisotopic (exact) mass is 179 g/mol. The first-order valence-corrected chi connectivity index (χ1v) is 3.47. The van der Waals surface area contributed by atoms with Crippen molar-refractivity contribution in [3.8, 4) is 6.07 Å².